The second-order valence-electron chi connectivity index (χ2n) is 4.60. The van der Waals surface area contributed by atoms with Gasteiger partial charge in [-0.25, -0.2) is 0 Å². The number of carbonyl (C=O) groups is 1. The Morgan fingerprint density at radius 3 is 2.00 bits per heavy atom. The third-order valence-electron chi connectivity index (χ3n) is 3.73. The normalized spacial score (nSPS) is 42.3. The molecule has 0 spiro atoms. The summed E-state index contributed by atoms with van der Waals surface area (Å²) in [4.78, 5) is 11.3. The summed E-state index contributed by atoms with van der Waals surface area (Å²) >= 11 is 0. The molecule has 3 saturated heterocycles. The third kappa shape index (κ3) is 1.06. The van der Waals surface area contributed by atoms with E-state index in [9.17, 15) is 9.90 Å². The summed E-state index contributed by atoms with van der Waals surface area (Å²) in [5.74, 6) is -1.90. The Balaban J connectivity index is 1.93. The van der Waals surface area contributed by atoms with Crippen molar-refractivity contribution in [1.29, 1.82) is 0 Å². The molecule has 0 atom stereocenters. The number of fused-ring (bicyclic) bond motifs is 3. The molecule has 4 aliphatic rings. The Labute approximate surface area is 87.3 Å². The van der Waals surface area contributed by atoms with E-state index in [0.29, 0.717) is 32.7 Å². The van der Waals surface area contributed by atoms with Gasteiger partial charge in [0, 0.05) is 5.92 Å². The molecule has 4 rings (SSSR count). The monoisotopic (exact) mass is 214 g/mol. The van der Waals surface area contributed by atoms with Gasteiger partial charge in [0.2, 0.25) is 0 Å². The van der Waals surface area contributed by atoms with E-state index < -0.39 is 17.4 Å². The van der Waals surface area contributed by atoms with Crippen molar-refractivity contribution in [3.63, 3.8) is 0 Å². The second-order valence-corrected chi connectivity index (χ2v) is 4.60. The zero-order chi connectivity index (χ0) is 10.5. The molecule has 0 radical (unpaired) electrons. The molecule has 5 nitrogen and oxygen atoms in total. The van der Waals surface area contributed by atoms with Gasteiger partial charge >= 0.3 is 5.97 Å². The van der Waals surface area contributed by atoms with Crippen LogP contribution in [0.5, 0.6) is 0 Å². The van der Waals surface area contributed by atoms with E-state index in [0.717, 1.165) is 6.42 Å². The molecule has 3 aliphatic heterocycles. The van der Waals surface area contributed by atoms with E-state index in [4.69, 9.17) is 14.2 Å². The fourth-order valence-electron chi connectivity index (χ4n) is 2.55. The van der Waals surface area contributed by atoms with Gasteiger partial charge < -0.3 is 19.3 Å². The number of aliphatic carboxylic acids is 1. The minimum Gasteiger partial charge on any atom is -0.481 e. The lowest BCUT2D eigenvalue weighted by atomic mass is 9.66. The van der Waals surface area contributed by atoms with Crippen LogP contribution in [-0.4, -0.2) is 36.9 Å². The maximum absolute atomic E-state index is 11.3. The van der Waals surface area contributed by atoms with Crippen molar-refractivity contribution in [2.24, 2.45) is 11.3 Å². The highest BCUT2D eigenvalue weighted by Gasteiger charge is 2.67. The first-order valence-electron chi connectivity index (χ1n) is 5.34. The largest absolute Gasteiger partial charge is 0.481 e. The second kappa shape index (κ2) is 2.93. The molecular formula is C10H14O5. The van der Waals surface area contributed by atoms with Crippen LogP contribution in [0.4, 0.5) is 0 Å². The summed E-state index contributed by atoms with van der Waals surface area (Å²) in [5, 5.41) is 9.31. The maximum atomic E-state index is 11.3. The summed E-state index contributed by atoms with van der Waals surface area (Å²) in [5.41, 5.74) is -0.974. The minimum absolute atomic E-state index is 0.262. The van der Waals surface area contributed by atoms with Gasteiger partial charge in [-0.3, -0.25) is 4.79 Å². The van der Waals surface area contributed by atoms with E-state index in [1.54, 1.807) is 0 Å². The van der Waals surface area contributed by atoms with Crippen LogP contribution in [0.25, 0.3) is 0 Å². The van der Waals surface area contributed by atoms with Gasteiger partial charge in [0.15, 0.2) is 0 Å². The van der Waals surface area contributed by atoms with Gasteiger partial charge in [0.05, 0.1) is 19.8 Å². The van der Waals surface area contributed by atoms with Crippen LogP contribution in [0.2, 0.25) is 0 Å². The average Bonchev–Trinajstić information content (AvgIpc) is 2.17. The molecule has 0 aromatic heterocycles. The number of carboxylic acid groups (broad SMARTS) is 1. The molecule has 1 saturated carbocycles. The summed E-state index contributed by atoms with van der Waals surface area (Å²) in [6.07, 6.45) is 2.05. The van der Waals surface area contributed by atoms with Crippen molar-refractivity contribution in [3.05, 3.63) is 0 Å². The van der Waals surface area contributed by atoms with Crippen molar-refractivity contribution in [3.8, 4) is 0 Å². The van der Waals surface area contributed by atoms with Crippen LogP contribution in [0.1, 0.15) is 19.3 Å². The van der Waals surface area contributed by atoms with Gasteiger partial charge in [-0.15, -0.1) is 0 Å². The zero-order valence-corrected chi connectivity index (χ0v) is 8.40. The smallest absolute Gasteiger partial charge is 0.317 e. The van der Waals surface area contributed by atoms with Crippen LogP contribution in [0.15, 0.2) is 0 Å². The quantitative estimate of drug-likeness (QED) is 0.728. The Kier molecular flexibility index (Phi) is 1.87. The Hall–Kier alpha value is -0.650. The van der Waals surface area contributed by atoms with Gasteiger partial charge in [0.1, 0.15) is 5.41 Å². The van der Waals surface area contributed by atoms with Crippen molar-refractivity contribution < 1.29 is 24.1 Å². The zero-order valence-electron chi connectivity index (χ0n) is 8.40. The summed E-state index contributed by atoms with van der Waals surface area (Å²) in [7, 11) is 0. The molecule has 0 unspecified atom stereocenters. The number of carboxylic acids is 1. The molecule has 1 N–H and O–H groups in total. The van der Waals surface area contributed by atoms with Crippen LogP contribution in [0, 0.1) is 11.3 Å². The highest BCUT2D eigenvalue weighted by Crippen LogP contribution is 2.55. The number of ether oxygens (including phenoxy) is 3. The predicted octanol–water partition coefficient (Wildman–Crippen LogP) is 0.588. The molecule has 0 amide bonds. The molecule has 4 fully saturated rings. The molecular weight excluding hydrogens is 200 g/mol. The standard InChI is InChI=1S/C10H14O5/c11-8(12)9(2-1-3-9)10-13-4-7(5-14-10)6-15-10/h7H,1-6H2,(H,11,12). The third-order valence-corrected chi connectivity index (χ3v) is 3.73. The SMILES string of the molecule is O=C(O)C1(C23OCC(CO2)CO3)CCC1. The van der Waals surface area contributed by atoms with Crippen molar-refractivity contribution in [1.82, 2.24) is 0 Å². The minimum atomic E-state index is -1.30. The van der Waals surface area contributed by atoms with Gasteiger partial charge in [0.25, 0.3) is 5.97 Å². The van der Waals surface area contributed by atoms with E-state index in [2.05, 4.69) is 0 Å². The van der Waals surface area contributed by atoms with E-state index in [1.165, 1.54) is 0 Å². The lowest BCUT2D eigenvalue weighted by Gasteiger charge is -2.56. The van der Waals surface area contributed by atoms with Crippen LogP contribution >= 0.6 is 0 Å². The fourth-order valence-corrected chi connectivity index (χ4v) is 2.55. The fraction of sp³-hybridized carbons (Fsp3) is 0.900. The summed E-state index contributed by atoms with van der Waals surface area (Å²) < 4.78 is 16.5. The Morgan fingerprint density at radius 1 is 1.13 bits per heavy atom. The highest BCUT2D eigenvalue weighted by molar-refractivity contribution is 5.77. The van der Waals surface area contributed by atoms with Gasteiger partial charge in [-0.2, -0.15) is 0 Å². The van der Waals surface area contributed by atoms with Crippen molar-refractivity contribution in [2.75, 3.05) is 19.8 Å². The first kappa shape index (κ1) is 9.57. The van der Waals surface area contributed by atoms with E-state index in [1.807, 2.05) is 0 Å². The summed E-state index contributed by atoms with van der Waals surface area (Å²) in [6, 6.07) is 0. The molecule has 5 heteroatoms. The van der Waals surface area contributed by atoms with Gasteiger partial charge in [-0.1, -0.05) is 6.42 Å². The molecule has 15 heavy (non-hydrogen) atoms. The maximum Gasteiger partial charge on any atom is 0.317 e. The molecule has 3 heterocycles. The average molecular weight is 214 g/mol. The Morgan fingerprint density at radius 2 is 1.67 bits per heavy atom. The van der Waals surface area contributed by atoms with E-state index in [-0.39, 0.29) is 5.92 Å². The lowest BCUT2D eigenvalue weighted by molar-refractivity contribution is -0.490. The topological polar surface area (TPSA) is 65.0 Å². The van der Waals surface area contributed by atoms with Crippen LogP contribution in [-0.2, 0) is 19.0 Å². The lowest BCUT2D eigenvalue weighted by Crippen LogP contribution is -2.67. The van der Waals surface area contributed by atoms with Crippen molar-refractivity contribution in [2.45, 2.75) is 25.2 Å². The highest BCUT2D eigenvalue weighted by atomic mass is 16.9. The van der Waals surface area contributed by atoms with Crippen LogP contribution < -0.4 is 0 Å². The molecule has 0 aromatic rings. The molecule has 84 valence electrons. The van der Waals surface area contributed by atoms with Gasteiger partial charge in [-0.05, 0) is 12.8 Å². The summed E-state index contributed by atoms with van der Waals surface area (Å²) in [6.45, 7) is 1.65. The molecule has 2 bridgehead atoms. The number of rotatable bonds is 2. The first-order valence-corrected chi connectivity index (χ1v) is 5.34. The van der Waals surface area contributed by atoms with Crippen LogP contribution in [0.3, 0.4) is 0 Å². The molecule has 1 aliphatic carbocycles. The van der Waals surface area contributed by atoms with E-state index >= 15 is 0 Å². The first-order chi connectivity index (χ1) is 7.19. The number of hydrogen-bond acceptors (Lipinski definition) is 4. The van der Waals surface area contributed by atoms with Crippen molar-refractivity contribution >= 4 is 5.97 Å². The predicted molar refractivity (Wildman–Crippen MR) is 48.0 cm³/mol. The molecule has 0 aromatic carbocycles. The number of hydrogen-bond donors (Lipinski definition) is 1. The Bertz CT molecular complexity index is 274.